The summed E-state index contributed by atoms with van der Waals surface area (Å²) in [4.78, 5) is 0. The lowest BCUT2D eigenvalue weighted by Crippen LogP contribution is -2.44. The molecular weight excluding hydrogens is 216 g/mol. The molecule has 0 aromatic carbocycles. The summed E-state index contributed by atoms with van der Waals surface area (Å²) in [5.74, 6) is 0. The van der Waals surface area contributed by atoms with Crippen molar-refractivity contribution in [2.75, 3.05) is 34.5 Å². The maximum atomic E-state index is 5.71. The largest absolute Gasteiger partial charge is 0.500 e. The second-order valence-electron chi connectivity index (χ2n) is 3.03. The lowest BCUT2D eigenvalue weighted by Gasteiger charge is -2.25. The Balaban J connectivity index is 3.88. The summed E-state index contributed by atoms with van der Waals surface area (Å²) >= 11 is 0. The fourth-order valence-corrected chi connectivity index (χ4v) is 2.93. The van der Waals surface area contributed by atoms with E-state index < -0.39 is 8.80 Å². The van der Waals surface area contributed by atoms with E-state index in [1.807, 2.05) is 0 Å². The smallest absolute Gasteiger partial charge is 0.377 e. The SMILES string of the molecule is CO[Si](CCC(N)OCCN)(OC)OC. The molecule has 0 aliphatic rings. The molecule has 0 amide bonds. The van der Waals surface area contributed by atoms with E-state index >= 15 is 0 Å². The first-order valence-corrected chi connectivity index (χ1v) is 6.80. The van der Waals surface area contributed by atoms with Crippen molar-refractivity contribution in [2.24, 2.45) is 11.5 Å². The summed E-state index contributed by atoms with van der Waals surface area (Å²) in [6.07, 6.45) is 0.280. The third-order valence-corrected chi connectivity index (χ3v) is 4.88. The van der Waals surface area contributed by atoms with E-state index in [4.69, 9.17) is 29.5 Å². The molecule has 15 heavy (non-hydrogen) atoms. The summed E-state index contributed by atoms with van der Waals surface area (Å²) in [5, 5.41) is 0. The van der Waals surface area contributed by atoms with Crippen molar-refractivity contribution in [1.82, 2.24) is 0 Å². The van der Waals surface area contributed by atoms with Gasteiger partial charge in [0.1, 0.15) is 6.23 Å². The van der Waals surface area contributed by atoms with Crippen molar-refractivity contribution in [3.8, 4) is 0 Å². The van der Waals surface area contributed by atoms with Gasteiger partial charge in [-0.1, -0.05) is 0 Å². The molecule has 1 unspecified atom stereocenters. The molecule has 0 spiro atoms. The second kappa shape index (κ2) is 8.17. The van der Waals surface area contributed by atoms with Gasteiger partial charge in [-0.15, -0.1) is 0 Å². The molecule has 6 nitrogen and oxygen atoms in total. The van der Waals surface area contributed by atoms with Gasteiger partial charge in [0.25, 0.3) is 0 Å². The van der Waals surface area contributed by atoms with Crippen LogP contribution in [0.1, 0.15) is 6.42 Å². The van der Waals surface area contributed by atoms with Crippen LogP contribution in [0.5, 0.6) is 0 Å². The van der Waals surface area contributed by atoms with Gasteiger partial charge >= 0.3 is 8.80 Å². The summed E-state index contributed by atoms with van der Waals surface area (Å²) in [7, 11) is 2.21. The first-order valence-electron chi connectivity index (χ1n) is 4.86. The first kappa shape index (κ1) is 15.0. The van der Waals surface area contributed by atoms with E-state index in [1.54, 1.807) is 21.3 Å². The molecule has 0 rings (SSSR count). The van der Waals surface area contributed by atoms with Gasteiger partial charge in [-0.2, -0.15) is 0 Å². The van der Waals surface area contributed by atoms with Crippen LogP contribution < -0.4 is 11.5 Å². The lowest BCUT2D eigenvalue weighted by atomic mass is 10.4. The van der Waals surface area contributed by atoms with Crippen molar-refractivity contribution >= 4 is 8.80 Å². The zero-order valence-corrected chi connectivity index (χ0v) is 10.7. The minimum Gasteiger partial charge on any atom is -0.377 e. The van der Waals surface area contributed by atoms with Gasteiger partial charge < -0.3 is 29.5 Å². The summed E-state index contributed by atoms with van der Waals surface area (Å²) in [5.41, 5.74) is 11.0. The van der Waals surface area contributed by atoms with Gasteiger partial charge in [0, 0.05) is 33.9 Å². The van der Waals surface area contributed by atoms with Gasteiger partial charge in [0.2, 0.25) is 0 Å². The maximum Gasteiger partial charge on any atom is 0.500 e. The van der Waals surface area contributed by atoms with E-state index in [9.17, 15) is 0 Å². The van der Waals surface area contributed by atoms with E-state index in [2.05, 4.69) is 0 Å². The molecule has 0 heterocycles. The minimum absolute atomic E-state index is 0.346. The molecule has 0 aromatic heterocycles. The average molecular weight is 238 g/mol. The van der Waals surface area contributed by atoms with E-state index in [1.165, 1.54) is 0 Å². The van der Waals surface area contributed by atoms with Crippen LogP contribution >= 0.6 is 0 Å². The predicted octanol–water partition coefficient (Wildman–Crippen LogP) is -0.485. The molecular formula is C8H22N2O4Si. The Morgan fingerprint density at radius 2 is 1.67 bits per heavy atom. The van der Waals surface area contributed by atoms with Crippen LogP contribution in [0.3, 0.4) is 0 Å². The Labute approximate surface area is 92.2 Å². The fraction of sp³-hybridized carbons (Fsp3) is 1.00. The zero-order chi connectivity index (χ0) is 11.7. The van der Waals surface area contributed by atoms with Crippen LogP contribution in [0, 0.1) is 0 Å². The summed E-state index contributed by atoms with van der Waals surface area (Å²) in [6.45, 7) is 0.928. The van der Waals surface area contributed by atoms with Crippen LogP contribution in [-0.4, -0.2) is 49.5 Å². The monoisotopic (exact) mass is 238 g/mol. The Hall–Kier alpha value is -0.0231. The molecule has 0 aromatic rings. The molecule has 0 radical (unpaired) electrons. The number of ether oxygens (including phenoxy) is 1. The fourth-order valence-electron chi connectivity index (χ4n) is 1.18. The third-order valence-electron chi connectivity index (χ3n) is 2.12. The highest BCUT2D eigenvalue weighted by Gasteiger charge is 2.37. The molecule has 4 N–H and O–H groups in total. The van der Waals surface area contributed by atoms with Crippen LogP contribution in [0.25, 0.3) is 0 Å². The molecule has 0 bridgehead atoms. The minimum atomic E-state index is -2.51. The van der Waals surface area contributed by atoms with Crippen molar-refractivity contribution < 1.29 is 18.0 Å². The van der Waals surface area contributed by atoms with Crippen molar-refractivity contribution in [3.63, 3.8) is 0 Å². The number of rotatable bonds is 9. The highest BCUT2D eigenvalue weighted by Crippen LogP contribution is 2.16. The van der Waals surface area contributed by atoms with Gasteiger partial charge in [-0.3, -0.25) is 0 Å². The average Bonchev–Trinajstić information content (AvgIpc) is 2.29. The van der Waals surface area contributed by atoms with Crippen LogP contribution in [0.15, 0.2) is 0 Å². The van der Waals surface area contributed by atoms with Gasteiger partial charge in [0.15, 0.2) is 0 Å². The van der Waals surface area contributed by atoms with Crippen LogP contribution in [0.2, 0.25) is 6.04 Å². The highest BCUT2D eigenvalue weighted by atomic mass is 28.4. The van der Waals surface area contributed by atoms with Crippen molar-refractivity contribution in [1.29, 1.82) is 0 Å². The molecule has 0 saturated carbocycles. The Morgan fingerprint density at radius 3 is 2.07 bits per heavy atom. The molecule has 0 aliphatic heterocycles. The van der Waals surface area contributed by atoms with E-state index in [-0.39, 0.29) is 6.23 Å². The number of hydrogen-bond donors (Lipinski definition) is 2. The Bertz CT molecular complexity index is 149. The predicted molar refractivity (Wildman–Crippen MR) is 59.2 cm³/mol. The van der Waals surface area contributed by atoms with Gasteiger partial charge in [-0.05, 0) is 6.42 Å². The molecule has 1 atom stereocenters. The molecule has 0 aliphatic carbocycles. The Kier molecular flexibility index (Phi) is 8.15. The van der Waals surface area contributed by atoms with Crippen LogP contribution in [0.4, 0.5) is 0 Å². The first-order chi connectivity index (χ1) is 7.14. The van der Waals surface area contributed by atoms with Crippen LogP contribution in [-0.2, 0) is 18.0 Å². The zero-order valence-electron chi connectivity index (χ0n) is 9.69. The summed E-state index contributed by atoms with van der Waals surface area (Å²) < 4.78 is 21.0. The van der Waals surface area contributed by atoms with E-state index in [0.29, 0.717) is 25.6 Å². The summed E-state index contributed by atoms with van der Waals surface area (Å²) in [6, 6.07) is 0.627. The van der Waals surface area contributed by atoms with Gasteiger partial charge in [0.05, 0.1) is 6.61 Å². The third kappa shape index (κ3) is 5.57. The van der Waals surface area contributed by atoms with Crippen molar-refractivity contribution in [2.45, 2.75) is 18.7 Å². The lowest BCUT2D eigenvalue weighted by molar-refractivity contribution is 0.0532. The topological polar surface area (TPSA) is 89.0 Å². The molecule has 0 fully saturated rings. The number of hydrogen-bond acceptors (Lipinski definition) is 6. The molecule has 7 heteroatoms. The van der Waals surface area contributed by atoms with E-state index in [0.717, 1.165) is 0 Å². The standard InChI is InChI=1S/C8H22N2O4Si/c1-11-15(12-2,13-3)7-4-8(10)14-6-5-9/h8H,4-7,9-10H2,1-3H3. The Morgan fingerprint density at radius 1 is 1.13 bits per heavy atom. The quantitative estimate of drug-likeness (QED) is 0.416. The van der Waals surface area contributed by atoms with Crippen molar-refractivity contribution in [3.05, 3.63) is 0 Å². The number of nitrogens with two attached hydrogens (primary N) is 2. The molecule has 92 valence electrons. The van der Waals surface area contributed by atoms with Gasteiger partial charge in [-0.25, -0.2) is 0 Å². The second-order valence-corrected chi connectivity index (χ2v) is 6.12. The maximum absolute atomic E-state index is 5.71. The normalized spacial score (nSPS) is 14.2. The highest BCUT2D eigenvalue weighted by molar-refractivity contribution is 6.60. The molecule has 0 saturated heterocycles.